The van der Waals surface area contributed by atoms with Crippen LogP contribution in [-0.4, -0.2) is 5.75 Å². The molecule has 0 aliphatic carbocycles. The van der Waals surface area contributed by atoms with E-state index in [2.05, 4.69) is 20.4 Å². The minimum atomic E-state index is 0.406. The summed E-state index contributed by atoms with van der Waals surface area (Å²) in [6, 6.07) is 0. The molecule has 0 atom stereocenters. The molecule has 9 heavy (non-hydrogen) atoms. The highest BCUT2D eigenvalue weighted by Gasteiger charge is 2.24. The zero-order valence-corrected chi connectivity index (χ0v) is 7.05. The molecule has 0 amide bonds. The molecule has 0 unspecified atom stereocenters. The smallest absolute Gasteiger partial charge is 0.00229 e. The van der Waals surface area contributed by atoms with E-state index in [0.29, 0.717) is 5.41 Å². The Kier molecular flexibility index (Phi) is 1.90. The van der Waals surface area contributed by atoms with Crippen LogP contribution in [-0.2, 0) is 0 Å². The Labute approximate surface area is 61.7 Å². The zero-order valence-electron chi connectivity index (χ0n) is 6.24. The first-order valence-electron chi connectivity index (χ1n) is 3.45. The Balaban J connectivity index is 2.60. The summed E-state index contributed by atoms with van der Waals surface area (Å²) in [6.07, 6.45) is 2.68. The topological polar surface area (TPSA) is 0 Å². The number of hydrogen-bond acceptors (Lipinski definition) is 1. The maximum absolute atomic E-state index is 4.03. The third-order valence-electron chi connectivity index (χ3n) is 1.98. The highest BCUT2D eigenvalue weighted by atomic mass is 32.2. The van der Waals surface area contributed by atoms with Crippen molar-refractivity contribution in [2.45, 2.75) is 26.7 Å². The lowest BCUT2D eigenvalue weighted by atomic mass is 9.88. The molecule has 1 heterocycles. The number of rotatable bonds is 0. The van der Waals surface area contributed by atoms with E-state index in [-0.39, 0.29) is 0 Å². The van der Waals surface area contributed by atoms with Gasteiger partial charge in [0.2, 0.25) is 0 Å². The summed E-state index contributed by atoms with van der Waals surface area (Å²) in [5.74, 6) is 1.28. The van der Waals surface area contributed by atoms with Gasteiger partial charge in [0.25, 0.3) is 0 Å². The van der Waals surface area contributed by atoms with Crippen LogP contribution in [0.2, 0.25) is 0 Å². The van der Waals surface area contributed by atoms with Crippen LogP contribution < -0.4 is 0 Å². The maximum atomic E-state index is 4.03. The van der Waals surface area contributed by atoms with Gasteiger partial charge in [-0.25, -0.2) is 0 Å². The van der Waals surface area contributed by atoms with Crippen LogP contribution in [0.1, 0.15) is 26.7 Å². The maximum Gasteiger partial charge on any atom is -0.00229 e. The van der Waals surface area contributed by atoms with Crippen molar-refractivity contribution in [3.8, 4) is 0 Å². The number of allylic oxidation sites excluding steroid dienone is 1. The van der Waals surface area contributed by atoms with Crippen molar-refractivity contribution in [3.05, 3.63) is 11.5 Å². The van der Waals surface area contributed by atoms with Crippen molar-refractivity contribution < 1.29 is 0 Å². The highest BCUT2D eigenvalue weighted by molar-refractivity contribution is 8.03. The van der Waals surface area contributed by atoms with Gasteiger partial charge in [-0.15, -0.1) is 11.8 Å². The molecule has 0 aromatic carbocycles. The summed E-state index contributed by atoms with van der Waals surface area (Å²) in [5.41, 5.74) is 0.406. The van der Waals surface area contributed by atoms with Crippen LogP contribution in [0.3, 0.4) is 0 Å². The van der Waals surface area contributed by atoms with Gasteiger partial charge in [0, 0.05) is 0 Å². The first kappa shape index (κ1) is 7.20. The van der Waals surface area contributed by atoms with E-state index in [1.807, 2.05) is 11.8 Å². The Morgan fingerprint density at radius 3 is 2.56 bits per heavy atom. The molecule has 0 radical (unpaired) electrons. The molecular weight excluding hydrogens is 128 g/mol. The molecule has 0 aromatic rings. The molecule has 0 saturated carbocycles. The molecule has 1 fully saturated rings. The van der Waals surface area contributed by atoms with Gasteiger partial charge in [0.15, 0.2) is 0 Å². The fourth-order valence-corrected chi connectivity index (χ4v) is 2.07. The van der Waals surface area contributed by atoms with Gasteiger partial charge in [-0.2, -0.15) is 0 Å². The van der Waals surface area contributed by atoms with E-state index in [0.717, 1.165) is 0 Å². The second-order valence-corrected chi connectivity index (χ2v) is 4.45. The molecule has 1 rings (SSSR count). The number of hydrogen-bond donors (Lipinski definition) is 0. The van der Waals surface area contributed by atoms with Crippen molar-refractivity contribution in [2.24, 2.45) is 5.41 Å². The molecule has 1 saturated heterocycles. The van der Waals surface area contributed by atoms with Crippen molar-refractivity contribution in [3.63, 3.8) is 0 Å². The summed E-state index contributed by atoms with van der Waals surface area (Å²) in [4.78, 5) is 1.37. The Bertz CT molecular complexity index is 125. The van der Waals surface area contributed by atoms with Gasteiger partial charge >= 0.3 is 0 Å². The summed E-state index contributed by atoms with van der Waals surface area (Å²) >= 11 is 1.93. The first-order valence-corrected chi connectivity index (χ1v) is 4.44. The number of thioether (sulfide) groups is 1. The van der Waals surface area contributed by atoms with E-state index < -0.39 is 0 Å². The summed E-state index contributed by atoms with van der Waals surface area (Å²) < 4.78 is 0. The molecule has 0 N–H and O–H groups in total. The van der Waals surface area contributed by atoms with Gasteiger partial charge in [0.05, 0.1) is 0 Å². The van der Waals surface area contributed by atoms with Crippen LogP contribution >= 0.6 is 11.8 Å². The third-order valence-corrected chi connectivity index (χ3v) is 3.37. The predicted octanol–water partition coefficient (Wildman–Crippen LogP) is 3.05. The largest absolute Gasteiger partial charge is 0.131 e. The second-order valence-electron chi connectivity index (χ2n) is 3.26. The fourth-order valence-electron chi connectivity index (χ4n) is 1.04. The van der Waals surface area contributed by atoms with Crippen molar-refractivity contribution in [1.82, 2.24) is 0 Å². The molecule has 0 bridgehead atoms. The standard InChI is InChI=1S/C8H14S/c1-7-8(2,3)5-4-6-9-7/h1,4-6H2,2-3H3. The lowest BCUT2D eigenvalue weighted by Gasteiger charge is -2.30. The predicted molar refractivity (Wildman–Crippen MR) is 44.6 cm³/mol. The molecule has 1 aliphatic heterocycles. The molecular formula is C8H14S. The van der Waals surface area contributed by atoms with Crippen LogP contribution in [0, 0.1) is 5.41 Å². The van der Waals surface area contributed by atoms with E-state index in [9.17, 15) is 0 Å². The minimum Gasteiger partial charge on any atom is -0.131 e. The monoisotopic (exact) mass is 142 g/mol. The van der Waals surface area contributed by atoms with Crippen LogP contribution in [0.4, 0.5) is 0 Å². The second kappa shape index (κ2) is 2.37. The summed E-state index contributed by atoms with van der Waals surface area (Å²) in [7, 11) is 0. The van der Waals surface area contributed by atoms with Gasteiger partial charge in [-0.05, 0) is 28.9 Å². The van der Waals surface area contributed by atoms with Crippen LogP contribution in [0.15, 0.2) is 11.5 Å². The lowest BCUT2D eigenvalue weighted by molar-refractivity contribution is 0.418. The van der Waals surface area contributed by atoms with E-state index in [4.69, 9.17) is 0 Å². The molecule has 1 aliphatic rings. The zero-order chi connectivity index (χ0) is 6.91. The third kappa shape index (κ3) is 1.51. The normalized spacial score (nSPS) is 26.2. The molecule has 0 aromatic heterocycles. The Hall–Kier alpha value is 0.0900. The molecule has 1 heteroatoms. The van der Waals surface area contributed by atoms with Gasteiger partial charge in [0.1, 0.15) is 0 Å². The van der Waals surface area contributed by atoms with E-state index in [1.165, 1.54) is 23.5 Å². The Morgan fingerprint density at radius 1 is 1.56 bits per heavy atom. The van der Waals surface area contributed by atoms with Crippen molar-refractivity contribution >= 4 is 11.8 Å². The first-order chi connectivity index (χ1) is 4.13. The SMILES string of the molecule is C=C1SCCCC1(C)C. The average molecular weight is 142 g/mol. The van der Waals surface area contributed by atoms with Gasteiger partial charge in [-0.1, -0.05) is 20.4 Å². The summed E-state index contributed by atoms with van der Waals surface area (Å²) in [6.45, 7) is 8.59. The van der Waals surface area contributed by atoms with Crippen molar-refractivity contribution in [2.75, 3.05) is 5.75 Å². The Morgan fingerprint density at radius 2 is 2.22 bits per heavy atom. The van der Waals surface area contributed by atoms with Gasteiger partial charge in [-0.3, -0.25) is 0 Å². The fraction of sp³-hybridized carbons (Fsp3) is 0.750. The van der Waals surface area contributed by atoms with Crippen LogP contribution in [0.5, 0.6) is 0 Å². The van der Waals surface area contributed by atoms with Crippen molar-refractivity contribution in [1.29, 1.82) is 0 Å². The summed E-state index contributed by atoms with van der Waals surface area (Å²) in [5, 5.41) is 0. The van der Waals surface area contributed by atoms with Crippen LogP contribution in [0.25, 0.3) is 0 Å². The average Bonchev–Trinajstić information content (AvgIpc) is 1.77. The van der Waals surface area contributed by atoms with Gasteiger partial charge < -0.3 is 0 Å². The van der Waals surface area contributed by atoms with E-state index >= 15 is 0 Å². The minimum absolute atomic E-state index is 0.406. The molecule has 0 nitrogen and oxygen atoms in total. The van der Waals surface area contributed by atoms with E-state index in [1.54, 1.807) is 0 Å². The highest BCUT2D eigenvalue weighted by Crippen LogP contribution is 2.42. The lowest BCUT2D eigenvalue weighted by Crippen LogP contribution is -2.16. The molecule has 52 valence electrons. The molecule has 0 spiro atoms. The quantitative estimate of drug-likeness (QED) is 0.501.